The second kappa shape index (κ2) is 8.43. The van der Waals surface area contributed by atoms with Crippen LogP contribution in [0.5, 0.6) is 5.88 Å². The van der Waals surface area contributed by atoms with Gasteiger partial charge in [0, 0.05) is 13.0 Å². The summed E-state index contributed by atoms with van der Waals surface area (Å²) >= 11 is 0. The van der Waals surface area contributed by atoms with E-state index in [1.165, 1.54) is 25.9 Å². The van der Waals surface area contributed by atoms with Crippen LogP contribution in [-0.2, 0) is 0 Å². The van der Waals surface area contributed by atoms with Crippen molar-refractivity contribution in [2.75, 3.05) is 17.7 Å². The highest BCUT2D eigenvalue weighted by Crippen LogP contribution is 2.39. The molecule has 0 saturated heterocycles. The maximum Gasteiger partial charge on any atom is 0.413 e. The van der Waals surface area contributed by atoms with E-state index in [-0.39, 0.29) is 23.1 Å². The fourth-order valence-corrected chi connectivity index (χ4v) is 2.53. The van der Waals surface area contributed by atoms with E-state index in [1.54, 1.807) is 18.6 Å². The summed E-state index contributed by atoms with van der Waals surface area (Å²) in [7, 11) is 1.41. The second-order valence-electron chi connectivity index (χ2n) is 6.35. The minimum Gasteiger partial charge on any atom is -0.389 e. The molecule has 0 bridgehead atoms. The Hall–Kier alpha value is -4.22. The fraction of sp³-hybridized carbons (Fsp3) is 0.222. The van der Waals surface area contributed by atoms with E-state index in [4.69, 9.17) is 4.74 Å². The molecule has 3 N–H and O–H groups in total. The van der Waals surface area contributed by atoms with Crippen molar-refractivity contribution < 1.29 is 14.3 Å². The van der Waals surface area contributed by atoms with Gasteiger partial charge in [-0.25, -0.2) is 29.7 Å². The molecule has 4 rings (SSSR count). The second-order valence-corrected chi connectivity index (χ2v) is 6.35. The molecule has 1 saturated carbocycles. The molecule has 152 valence electrons. The van der Waals surface area contributed by atoms with Gasteiger partial charge in [-0.15, -0.1) is 0 Å². The zero-order valence-corrected chi connectivity index (χ0v) is 15.9. The van der Waals surface area contributed by atoms with Crippen molar-refractivity contribution in [2.24, 2.45) is 0 Å². The minimum atomic E-state index is -0.730. The standard InChI is InChI=1S/C18H17N9O3/c1-19-18(29)30-17-13(6-22-9-24-17)27-16(28)14-15(25-11-4-20-8-21-5-11)23-7-12(26-14)10-2-3-10/h4-10H,2-3H2,1H3,(H,19,29)(H,23,25)(H,27,28). The van der Waals surface area contributed by atoms with Gasteiger partial charge in [-0.3, -0.25) is 4.79 Å². The molecule has 0 unspecified atom stereocenters. The first kappa shape index (κ1) is 19.1. The predicted molar refractivity (Wildman–Crippen MR) is 104 cm³/mol. The van der Waals surface area contributed by atoms with Crippen LogP contribution in [0, 0.1) is 0 Å². The predicted octanol–water partition coefficient (Wildman–Crippen LogP) is 1.65. The topological polar surface area (TPSA) is 157 Å². The Morgan fingerprint density at radius 3 is 2.53 bits per heavy atom. The number of hydrogen-bond acceptors (Lipinski definition) is 10. The largest absolute Gasteiger partial charge is 0.413 e. The Kier molecular flexibility index (Phi) is 5.37. The van der Waals surface area contributed by atoms with E-state index in [0.29, 0.717) is 11.6 Å². The van der Waals surface area contributed by atoms with E-state index >= 15 is 0 Å². The minimum absolute atomic E-state index is 0.0676. The number of nitrogens with zero attached hydrogens (tertiary/aromatic N) is 6. The summed E-state index contributed by atoms with van der Waals surface area (Å²) < 4.78 is 5.05. The summed E-state index contributed by atoms with van der Waals surface area (Å²) in [4.78, 5) is 49.0. The highest BCUT2D eigenvalue weighted by Gasteiger charge is 2.28. The molecular formula is C18H17N9O3. The highest BCUT2D eigenvalue weighted by molar-refractivity contribution is 6.06. The first-order chi connectivity index (χ1) is 14.6. The molecule has 3 heterocycles. The van der Waals surface area contributed by atoms with E-state index in [1.807, 2.05) is 0 Å². The van der Waals surface area contributed by atoms with Crippen molar-refractivity contribution in [3.8, 4) is 5.88 Å². The number of aromatic nitrogens is 6. The first-order valence-electron chi connectivity index (χ1n) is 9.04. The van der Waals surface area contributed by atoms with Crippen molar-refractivity contribution in [3.05, 3.63) is 48.8 Å². The highest BCUT2D eigenvalue weighted by atomic mass is 16.6. The van der Waals surface area contributed by atoms with Crippen molar-refractivity contribution in [1.29, 1.82) is 0 Å². The third-order valence-electron chi connectivity index (χ3n) is 4.14. The molecule has 3 aromatic rings. The first-order valence-corrected chi connectivity index (χ1v) is 9.04. The van der Waals surface area contributed by atoms with Crippen molar-refractivity contribution in [2.45, 2.75) is 18.8 Å². The van der Waals surface area contributed by atoms with Crippen LogP contribution in [0.2, 0.25) is 0 Å². The SMILES string of the molecule is CNC(=O)Oc1ncncc1NC(=O)c1nc(C2CC2)cnc1Nc1cncnc1. The summed E-state index contributed by atoms with van der Waals surface area (Å²) in [6, 6.07) is 0. The Labute approximate surface area is 170 Å². The molecular weight excluding hydrogens is 390 g/mol. The lowest BCUT2D eigenvalue weighted by molar-refractivity contribution is 0.102. The summed E-state index contributed by atoms with van der Waals surface area (Å²) in [6.45, 7) is 0. The molecule has 1 fully saturated rings. The Morgan fingerprint density at radius 1 is 1.03 bits per heavy atom. The summed E-state index contributed by atoms with van der Waals surface area (Å²) in [6.07, 6.45) is 9.93. The zero-order valence-electron chi connectivity index (χ0n) is 15.9. The number of amides is 2. The molecule has 12 heteroatoms. The molecule has 2 amide bonds. The molecule has 3 aromatic heterocycles. The third kappa shape index (κ3) is 4.43. The normalized spacial score (nSPS) is 12.7. The van der Waals surface area contributed by atoms with Gasteiger partial charge >= 0.3 is 6.09 Å². The van der Waals surface area contributed by atoms with Crippen LogP contribution in [0.4, 0.5) is 22.0 Å². The molecule has 30 heavy (non-hydrogen) atoms. The Balaban J connectivity index is 1.63. The lowest BCUT2D eigenvalue weighted by Crippen LogP contribution is -2.24. The molecule has 0 spiro atoms. The van der Waals surface area contributed by atoms with E-state index in [0.717, 1.165) is 18.5 Å². The molecule has 0 atom stereocenters. The maximum absolute atomic E-state index is 13.0. The average Bonchev–Trinajstić information content (AvgIpc) is 3.61. The van der Waals surface area contributed by atoms with Gasteiger partial charge in [0.25, 0.3) is 11.8 Å². The van der Waals surface area contributed by atoms with E-state index in [9.17, 15) is 9.59 Å². The van der Waals surface area contributed by atoms with Gasteiger partial charge in [-0.1, -0.05) is 0 Å². The fourth-order valence-electron chi connectivity index (χ4n) is 2.53. The maximum atomic E-state index is 13.0. The number of hydrogen-bond donors (Lipinski definition) is 3. The van der Waals surface area contributed by atoms with Crippen LogP contribution in [0.3, 0.4) is 0 Å². The van der Waals surface area contributed by atoms with Crippen LogP contribution >= 0.6 is 0 Å². The smallest absolute Gasteiger partial charge is 0.389 e. The van der Waals surface area contributed by atoms with Gasteiger partial charge in [0.05, 0.1) is 36.2 Å². The van der Waals surface area contributed by atoms with E-state index in [2.05, 4.69) is 45.9 Å². The Bertz CT molecular complexity index is 1070. The van der Waals surface area contributed by atoms with Crippen LogP contribution in [-0.4, -0.2) is 49.0 Å². The van der Waals surface area contributed by atoms with Gasteiger partial charge in [0.15, 0.2) is 11.5 Å². The van der Waals surface area contributed by atoms with Gasteiger partial charge in [0.2, 0.25) is 0 Å². The number of rotatable bonds is 6. The van der Waals surface area contributed by atoms with Crippen LogP contribution in [0.1, 0.15) is 34.9 Å². The molecule has 1 aliphatic carbocycles. The monoisotopic (exact) mass is 407 g/mol. The van der Waals surface area contributed by atoms with Crippen LogP contribution in [0.25, 0.3) is 0 Å². The number of ether oxygens (including phenoxy) is 1. The molecule has 1 aliphatic rings. The number of anilines is 3. The summed E-state index contributed by atoms with van der Waals surface area (Å²) in [5.41, 5.74) is 1.46. The molecule has 0 aromatic carbocycles. The average molecular weight is 407 g/mol. The number of carbonyl (C=O) groups excluding carboxylic acids is 2. The molecule has 0 radical (unpaired) electrons. The summed E-state index contributed by atoms with van der Waals surface area (Å²) in [5.74, 6) is -0.140. The van der Waals surface area contributed by atoms with Gasteiger partial charge in [0.1, 0.15) is 18.3 Å². The van der Waals surface area contributed by atoms with E-state index < -0.39 is 12.0 Å². The Morgan fingerprint density at radius 2 is 1.80 bits per heavy atom. The molecule has 0 aliphatic heterocycles. The van der Waals surface area contributed by atoms with Crippen molar-refractivity contribution in [1.82, 2.24) is 35.2 Å². The van der Waals surface area contributed by atoms with Gasteiger partial charge in [-0.2, -0.15) is 4.98 Å². The van der Waals surface area contributed by atoms with Gasteiger partial charge < -0.3 is 20.7 Å². The lowest BCUT2D eigenvalue weighted by atomic mass is 10.2. The number of nitrogens with one attached hydrogen (secondary N) is 3. The molecule has 12 nitrogen and oxygen atoms in total. The van der Waals surface area contributed by atoms with Crippen LogP contribution < -0.4 is 20.7 Å². The van der Waals surface area contributed by atoms with Gasteiger partial charge in [-0.05, 0) is 12.8 Å². The quantitative estimate of drug-likeness (QED) is 0.549. The number of carbonyl (C=O) groups is 2. The lowest BCUT2D eigenvalue weighted by Gasteiger charge is -2.13. The third-order valence-corrected chi connectivity index (χ3v) is 4.14. The zero-order chi connectivity index (χ0) is 20.9. The van der Waals surface area contributed by atoms with Crippen molar-refractivity contribution in [3.63, 3.8) is 0 Å². The summed E-state index contributed by atoms with van der Waals surface area (Å²) in [5, 5.41) is 7.93. The van der Waals surface area contributed by atoms with Crippen LogP contribution in [0.15, 0.2) is 37.4 Å². The van der Waals surface area contributed by atoms with Crippen molar-refractivity contribution >= 4 is 29.2 Å².